The molecule has 3 heterocycles. The average Bonchev–Trinajstić information content (AvgIpc) is 2.56. The van der Waals surface area contributed by atoms with Gasteiger partial charge in [0.1, 0.15) is 5.65 Å². The first-order chi connectivity index (χ1) is 7.65. The SMILES string of the molecule is Cc1cc(=O)nc2ncc3sc(=O)[nH]c3n12. The summed E-state index contributed by atoms with van der Waals surface area (Å²) in [5.74, 6) is 0.298. The van der Waals surface area contributed by atoms with Crippen molar-refractivity contribution in [3.63, 3.8) is 0 Å². The van der Waals surface area contributed by atoms with Gasteiger partial charge >= 0.3 is 4.87 Å². The Morgan fingerprint density at radius 3 is 3.06 bits per heavy atom. The molecule has 0 aliphatic heterocycles. The molecule has 3 aromatic rings. The van der Waals surface area contributed by atoms with E-state index in [1.807, 2.05) is 0 Å². The van der Waals surface area contributed by atoms with Crippen molar-refractivity contribution in [3.8, 4) is 0 Å². The summed E-state index contributed by atoms with van der Waals surface area (Å²) in [5, 5.41) is 0. The van der Waals surface area contributed by atoms with Crippen molar-refractivity contribution in [3.05, 3.63) is 38.0 Å². The Kier molecular flexibility index (Phi) is 1.72. The molecule has 0 amide bonds. The van der Waals surface area contributed by atoms with Crippen LogP contribution in [0.15, 0.2) is 21.9 Å². The van der Waals surface area contributed by atoms with Gasteiger partial charge in [0.15, 0.2) is 0 Å². The monoisotopic (exact) mass is 234 g/mol. The lowest BCUT2D eigenvalue weighted by atomic mass is 10.4. The predicted octanol–water partition coefficient (Wildman–Crippen LogP) is 0.301. The molecule has 0 radical (unpaired) electrons. The third-order valence-corrected chi connectivity index (χ3v) is 3.08. The van der Waals surface area contributed by atoms with E-state index < -0.39 is 0 Å². The molecule has 0 unspecified atom stereocenters. The van der Waals surface area contributed by atoms with Crippen LogP contribution in [0.25, 0.3) is 16.1 Å². The molecule has 0 aromatic carbocycles. The van der Waals surface area contributed by atoms with Gasteiger partial charge < -0.3 is 0 Å². The van der Waals surface area contributed by atoms with Crippen LogP contribution in [-0.4, -0.2) is 19.4 Å². The fourth-order valence-electron chi connectivity index (χ4n) is 1.65. The third-order valence-electron chi connectivity index (χ3n) is 2.27. The smallest absolute Gasteiger partial charge is 0.298 e. The maximum absolute atomic E-state index is 11.3. The second-order valence-electron chi connectivity index (χ2n) is 3.36. The molecular formula is C9H6N4O2S. The van der Waals surface area contributed by atoms with Crippen molar-refractivity contribution in [1.82, 2.24) is 19.4 Å². The maximum Gasteiger partial charge on any atom is 0.306 e. The van der Waals surface area contributed by atoms with E-state index in [9.17, 15) is 9.59 Å². The molecule has 1 N–H and O–H groups in total. The highest BCUT2D eigenvalue weighted by Crippen LogP contribution is 2.14. The minimum Gasteiger partial charge on any atom is -0.298 e. The molecule has 3 rings (SSSR count). The van der Waals surface area contributed by atoms with Crippen molar-refractivity contribution in [2.24, 2.45) is 0 Å². The second-order valence-corrected chi connectivity index (χ2v) is 4.37. The normalized spacial score (nSPS) is 11.3. The Balaban J connectivity index is 2.69. The van der Waals surface area contributed by atoms with Gasteiger partial charge in [-0.05, 0) is 6.92 Å². The van der Waals surface area contributed by atoms with Crippen LogP contribution in [0, 0.1) is 6.92 Å². The molecule has 0 aliphatic rings. The highest BCUT2D eigenvalue weighted by Gasteiger charge is 2.07. The molecule has 0 saturated carbocycles. The first kappa shape index (κ1) is 9.22. The van der Waals surface area contributed by atoms with Crippen LogP contribution in [0.4, 0.5) is 0 Å². The average molecular weight is 234 g/mol. The number of H-pyrrole nitrogens is 1. The Hall–Kier alpha value is -2.02. The van der Waals surface area contributed by atoms with E-state index in [1.165, 1.54) is 6.07 Å². The summed E-state index contributed by atoms with van der Waals surface area (Å²) in [6, 6.07) is 1.41. The molecule has 0 spiro atoms. The number of rotatable bonds is 0. The van der Waals surface area contributed by atoms with Crippen LogP contribution < -0.4 is 10.4 Å². The molecule has 0 atom stereocenters. The van der Waals surface area contributed by atoms with Gasteiger partial charge in [-0.25, -0.2) is 4.98 Å². The van der Waals surface area contributed by atoms with E-state index in [0.717, 1.165) is 16.0 Å². The van der Waals surface area contributed by atoms with E-state index in [4.69, 9.17) is 0 Å². The van der Waals surface area contributed by atoms with Crippen molar-refractivity contribution in [2.75, 3.05) is 0 Å². The Bertz CT molecular complexity index is 814. The van der Waals surface area contributed by atoms with Gasteiger partial charge in [-0.1, -0.05) is 11.3 Å². The Morgan fingerprint density at radius 1 is 1.44 bits per heavy atom. The lowest BCUT2D eigenvalue weighted by molar-refractivity contribution is 0.993. The van der Waals surface area contributed by atoms with Gasteiger partial charge in [0.05, 0.1) is 10.9 Å². The van der Waals surface area contributed by atoms with Crippen LogP contribution in [0.5, 0.6) is 0 Å². The first-order valence-corrected chi connectivity index (χ1v) is 5.35. The number of aryl methyl sites for hydroxylation is 1. The van der Waals surface area contributed by atoms with Crippen molar-refractivity contribution in [2.45, 2.75) is 6.92 Å². The minimum absolute atomic E-state index is 0.151. The van der Waals surface area contributed by atoms with Gasteiger partial charge in [0.25, 0.3) is 5.56 Å². The summed E-state index contributed by atoms with van der Waals surface area (Å²) < 4.78 is 2.40. The molecule has 0 fully saturated rings. The summed E-state index contributed by atoms with van der Waals surface area (Å²) in [6.45, 7) is 1.77. The van der Waals surface area contributed by atoms with Crippen LogP contribution in [0.3, 0.4) is 0 Å². The number of aromatic amines is 1. The van der Waals surface area contributed by atoms with E-state index in [2.05, 4.69) is 15.0 Å². The minimum atomic E-state index is -0.332. The highest BCUT2D eigenvalue weighted by molar-refractivity contribution is 7.16. The molecule has 16 heavy (non-hydrogen) atoms. The van der Waals surface area contributed by atoms with Crippen LogP contribution in [0.2, 0.25) is 0 Å². The van der Waals surface area contributed by atoms with E-state index >= 15 is 0 Å². The molecule has 7 heteroatoms. The number of thiazole rings is 1. The summed E-state index contributed by atoms with van der Waals surface area (Å²) in [4.78, 5) is 32.8. The maximum atomic E-state index is 11.3. The largest absolute Gasteiger partial charge is 0.306 e. The summed E-state index contributed by atoms with van der Waals surface area (Å²) in [5.41, 5.74) is 0.995. The topological polar surface area (TPSA) is 80.1 Å². The number of hydrogen-bond acceptors (Lipinski definition) is 5. The van der Waals surface area contributed by atoms with Gasteiger partial charge in [-0.2, -0.15) is 4.98 Å². The number of nitrogens with one attached hydrogen (secondary N) is 1. The van der Waals surface area contributed by atoms with Crippen LogP contribution >= 0.6 is 11.3 Å². The Morgan fingerprint density at radius 2 is 2.25 bits per heavy atom. The lowest BCUT2D eigenvalue weighted by Crippen LogP contribution is -2.12. The quantitative estimate of drug-likeness (QED) is 0.606. The molecule has 0 saturated heterocycles. The zero-order valence-electron chi connectivity index (χ0n) is 8.22. The number of nitrogens with zero attached hydrogens (tertiary/aromatic N) is 3. The van der Waals surface area contributed by atoms with E-state index in [1.54, 1.807) is 17.5 Å². The molecule has 0 bridgehead atoms. The Labute approximate surface area is 92.2 Å². The van der Waals surface area contributed by atoms with E-state index in [-0.39, 0.29) is 10.4 Å². The van der Waals surface area contributed by atoms with Gasteiger partial charge in [0.2, 0.25) is 5.78 Å². The molecule has 3 aromatic heterocycles. The molecule has 80 valence electrons. The number of hydrogen-bond donors (Lipinski definition) is 1. The fraction of sp³-hybridized carbons (Fsp3) is 0.111. The predicted molar refractivity (Wildman–Crippen MR) is 60.0 cm³/mol. The molecule has 6 nitrogen and oxygen atoms in total. The number of fused-ring (bicyclic) bond motifs is 3. The standard InChI is InChI=1S/C9H6N4O2S/c1-4-2-6(14)11-8-10-3-5-7(13(4)8)12-9(15)16-5/h2-3H,1H3,(H,12,15). The van der Waals surface area contributed by atoms with Gasteiger partial charge in [-0.15, -0.1) is 0 Å². The van der Waals surface area contributed by atoms with Gasteiger partial charge in [0, 0.05) is 11.8 Å². The third kappa shape index (κ3) is 1.18. The fourth-order valence-corrected chi connectivity index (χ4v) is 2.34. The summed E-state index contributed by atoms with van der Waals surface area (Å²) >= 11 is 1.08. The van der Waals surface area contributed by atoms with E-state index in [0.29, 0.717) is 17.1 Å². The first-order valence-electron chi connectivity index (χ1n) is 4.53. The highest BCUT2D eigenvalue weighted by atomic mass is 32.1. The van der Waals surface area contributed by atoms with Crippen molar-refractivity contribution in [1.29, 1.82) is 0 Å². The summed E-state index contributed by atoms with van der Waals surface area (Å²) in [6.07, 6.45) is 1.54. The van der Waals surface area contributed by atoms with Crippen molar-refractivity contribution >= 4 is 27.5 Å². The van der Waals surface area contributed by atoms with Crippen LogP contribution in [0.1, 0.15) is 5.69 Å². The second kappa shape index (κ2) is 2.99. The zero-order valence-corrected chi connectivity index (χ0v) is 9.04. The van der Waals surface area contributed by atoms with Gasteiger partial charge in [-0.3, -0.25) is 19.0 Å². The summed E-state index contributed by atoms with van der Waals surface area (Å²) in [7, 11) is 0. The van der Waals surface area contributed by atoms with Crippen molar-refractivity contribution < 1.29 is 0 Å². The lowest BCUT2D eigenvalue weighted by Gasteiger charge is -2.03. The van der Waals surface area contributed by atoms with Crippen LogP contribution in [-0.2, 0) is 0 Å². The molecule has 0 aliphatic carbocycles. The number of aromatic nitrogens is 4. The molecular weight excluding hydrogens is 228 g/mol. The zero-order chi connectivity index (χ0) is 11.3.